The fourth-order valence-corrected chi connectivity index (χ4v) is 1.65. The Bertz CT molecular complexity index is 702. The molecule has 3 N–H and O–H groups in total. The van der Waals surface area contributed by atoms with Crippen LogP contribution in [0.1, 0.15) is 5.69 Å². The van der Waals surface area contributed by atoms with Gasteiger partial charge in [-0.05, 0) is 18.2 Å². The summed E-state index contributed by atoms with van der Waals surface area (Å²) in [6.07, 6.45) is 1.45. The van der Waals surface area contributed by atoms with E-state index in [1.807, 2.05) is 0 Å². The van der Waals surface area contributed by atoms with Gasteiger partial charge in [0.1, 0.15) is 17.3 Å². The zero-order valence-corrected chi connectivity index (χ0v) is 11.1. The fourth-order valence-electron chi connectivity index (χ4n) is 1.65. The van der Waals surface area contributed by atoms with Crippen LogP contribution in [-0.2, 0) is 0 Å². The highest BCUT2D eigenvalue weighted by atomic mass is 16.6. The molecule has 8 nitrogen and oxygen atoms in total. The van der Waals surface area contributed by atoms with Crippen molar-refractivity contribution in [2.75, 3.05) is 7.11 Å². The number of rotatable bonds is 5. The Balaban J connectivity index is 2.48. The lowest BCUT2D eigenvalue weighted by atomic mass is 10.2. The summed E-state index contributed by atoms with van der Waals surface area (Å²) in [5, 5.41) is 18.5. The number of pyridine rings is 1. The van der Waals surface area contributed by atoms with Crippen LogP contribution in [0.2, 0.25) is 0 Å². The van der Waals surface area contributed by atoms with Gasteiger partial charge in [0.2, 0.25) is 5.75 Å². The van der Waals surface area contributed by atoms with Crippen molar-refractivity contribution >= 4 is 11.5 Å². The first-order chi connectivity index (χ1) is 10.0. The molecule has 2 aromatic rings. The Morgan fingerprint density at radius 1 is 1.38 bits per heavy atom. The molecule has 8 heteroatoms. The van der Waals surface area contributed by atoms with Gasteiger partial charge in [-0.3, -0.25) is 15.5 Å². The third kappa shape index (κ3) is 3.06. The summed E-state index contributed by atoms with van der Waals surface area (Å²) in [5.74, 6) is 0.246. The zero-order chi connectivity index (χ0) is 15.4. The quantitative estimate of drug-likeness (QED) is 0.375. The van der Waals surface area contributed by atoms with Crippen molar-refractivity contribution in [3.8, 4) is 17.2 Å². The first kappa shape index (κ1) is 14.3. The van der Waals surface area contributed by atoms with Crippen LogP contribution in [0, 0.1) is 15.5 Å². The minimum atomic E-state index is -0.571. The monoisotopic (exact) mass is 288 g/mol. The molecule has 0 saturated carbocycles. The lowest BCUT2D eigenvalue weighted by Crippen LogP contribution is -2.14. The average Bonchev–Trinajstić information content (AvgIpc) is 2.47. The molecule has 0 unspecified atom stereocenters. The van der Waals surface area contributed by atoms with Crippen LogP contribution < -0.4 is 15.2 Å². The number of benzene rings is 1. The number of amidine groups is 1. The molecule has 0 bridgehead atoms. The predicted molar refractivity (Wildman–Crippen MR) is 75.0 cm³/mol. The van der Waals surface area contributed by atoms with Crippen LogP contribution in [0.5, 0.6) is 17.2 Å². The van der Waals surface area contributed by atoms with E-state index in [1.54, 1.807) is 6.07 Å². The van der Waals surface area contributed by atoms with E-state index in [9.17, 15) is 10.1 Å². The second-order valence-electron chi connectivity index (χ2n) is 3.96. The molecular formula is C13H12N4O4. The Morgan fingerprint density at radius 2 is 2.14 bits per heavy atom. The maximum atomic E-state index is 11.0. The molecule has 1 aromatic heterocycles. The highest BCUT2D eigenvalue weighted by molar-refractivity contribution is 5.95. The number of nitrogens with zero attached hydrogens (tertiary/aromatic N) is 2. The zero-order valence-electron chi connectivity index (χ0n) is 11.1. The Kier molecular flexibility index (Phi) is 3.98. The van der Waals surface area contributed by atoms with Crippen molar-refractivity contribution < 1.29 is 14.4 Å². The topological polar surface area (TPSA) is 124 Å². The summed E-state index contributed by atoms with van der Waals surface area (Å²) in [6.45, 7) is 0. The number of hydrogen-bond acceptors (Lipinski definition) is 6. The predicted octanol–water partition coefficient (Wildman–Crippen LogP) is 2.07. The van der Waals surface area contributed by atoms with Crippen LogP contribution in [0.15, 0.2) is 36.5 Å². The molecule has 1 heterocycles. The summed E-state index contributed by atoms with van der Waals surface area (Å²) in [5.41, 5.74) is 5.28. The van der Waals surface area contributed by atoms with Crippen LogP contribution >= 0.6 is 0 Å². The average molecular weight is 288 g/mol. The summed E-state index contributed by atoms with van der Waals surface area (Å²) >= 11 is 0. The summed E-state index contributed by atoms with van der Waals surface area (Å²) in [6, 6.07) is 7.22. The summed E-state index contributed by atoms with van der Waals surface area (Å²) in [4.78, 5) is 14.4. The van der Waals surface area contributed by atoms with E-state index in [2.05, 4.69) is 4.98 Å². The van der Waals surface area contributed by atoms with Gasteiger partial charge in [-0.2, -0.15) is 0 Å². The molecular weight excluding hydrogens is 276 g/mol. The molecule has 0 fully saturated rings. The molecule has 0 aliphatic carbocycles. The van der Waals surface area contributed by atoms with Crippen LogP contribution in [0.4, 0.5) is 5.69 Å². The number of nitro benzene ring substituents is 1. The van der Waals surface area contributed by atoms with Gasteiger partial charge in [-0.15, -0.1) is 0 Å². The number of methoxy groups -OCH3 is 1. The smallest absolute Gasteiger partial charge is 0.311 e. The molecule has 108 valence electrons. The Morgan fingerprint density at radius 3 is 2.76 bits per heavy atom. The van der Waals surface area contributed by atoms with Crippen LogP contribution in [0.25, 0.3) is 0 Å². The van der Waals surface area contributed by atoms with E-state index in [1.165, 1.54) is 37.6 Å². The molecule has 0 aliphatic rings. The van der Waals surface area contributed by atoms with Crippen molar-refractivity contribution in [2.45, 2.75) is 0 Å². The largest absolute Gasteiger partial charge is 0.497 e. The lowest BCUT2D eigenvalue weighted by Gasteiger charge is -2.10. The second kappa shape index (κ2) is 5.87. The standard InChI is InChI=1S/C13H12N4O4/c1-20-8-4-5-9(17(18)19)11(7-8)21-10-3-2-6-16-12(10)13(14)15/h2-7H,1H3,(H3,14,15). The van der Waals surface area contributed by atoms with Gasteiger partial charge in [0.05, 0.1) is 12.0 Å². The number of hydrogen-bond donors (Lipinski definition) is 2. The van der Waals surface area contributed by atoms with E-state index >= 15 is 0 Å². The first-order valence-electron chi connectivity index (χ1n) is 5.82. The van der Waals surface area contributed by atoms with E-state index in [4.69, 9.17) is 20.6 Å². The third-order valence-corrected chi connectivity index (χ3v) is 2.61. The van der Waals surface area contributed by atoms with Gasteiger partial charge in [-0.25, -0.2) is 4.98 Å². The number of nitrogens with two attached hydrogens (primary N) is 1. The van der Waals surface area contributed by atoms with Gasteiger partial charge in [0.15, 0.2) is 5.75 Å². The van der Waals surface area contributed by atoms with E-state index in [0.29, 0.717) is 5.75 Å². The van der Waals surface area contributed by atoms with Crippen LogP contribution in [-0.4, -0.2) is 22.9 Å². The highest BCUT2D eigenvalue weighted by Gasteiger charge is 2.19. The van der Waals surface area contributed by atoms with E-state index in [-0.39, 0.29) is 28.7 Å². The van der Waals surface area contributed by atoms with Crippen molar-refractivity contribution in [2.24, 2.45) is 5.73 Å². The number of nitrogens with one attached hydrogen (secondary N) is 1. The van der Waals surface area contributed by atoms with Crippen molar-refractivity contribution in [3.63, 3.8) is 0 Å². The number of nitro groups is 1. The molecule has 0 radical (unpaired) electrons. The third-order valence-electron chi connectivity index (χ3n) is 2.61. The number of ether oxygens (including phenoxy) is 2. The molecule has 0 atom stereocenters. The SMILES string of the molecule is COc1ccc([N+](=O)[O-])c(Oc2cccnc2C(=N)N)c1. The van der Waals surface area contributed by atoms with E-state index < -0.39 is 4.92 Å². The number of aromatic nitrogens is 1. The minimum Gasteiger partial charge on any atom is -0.497 e. The van der Waals surface area contributed by atoms with Crippen molar-refractivity contribution in [1.29, 1.82) is 5.41 Å². The van der Waals surface area contributed by atoms with Crippen LogP contribution in [0.3, 0.4) is 0 Å². The maximum Gasteiger partial charge on any atom is 0.311 e. The van der Waals surface area contributed by atoms with Gasteiger partial charge in [0.25, 0.3) is 0 Å². The molecule has 1 aromatic carbocycles. The molecule has 0 spiro atoms. The Hall–Kier alpha value is -3.16. The summed E-state index contributed by atoms with van der Waals surface area (Å²) < 4.78 is 10.5. The number of nitrogen functional groups attached to an aromatic ring is 1. The first-order valence-corrected chi connectivity index (χ1v) is 5.82. The second-order valence-corrected chi connectivity index (χ2v) is 3.96. The summed E-state index contributed by atoms with van der Waals surface area (Å²) in [7, 11) is 1.44. The van der Waals surface area contributed by atoms with Crippen molar-refractivity contribution in [3.05, 3.63) is 52.3 Å². The molecule has 0 amide bonds. The van der Waals surface area contributed by atoms with Gasteiger partial charge >= 0.3 is 5.69 Å². The fraction of sp³-hybridized carbons (Fsp3) is 0.0769. The van der Waals surface area contributed by atoms with Gasteiger partial charge in [-0.1, -0.05) is 0 Å². The van der Waals surface area contributed by atoms with Gasteiger partial charge in [0, 0.05) is 18.3 Å². The normalized spacial score (nSPS) is 9.95. The van der Waals surface area contributed by atoms with Crippen molar-refractivity contribution in [1.82, 2.24) is 4.98 Å². The minimum absolute atomic E-state index is 0.0187. The van der Waals surface area contributed by atoms with E-state index in [0.717, 1.165) is 0 Å². The maximum absolute atomic E-state index is 11.0. The Labute approximate surface area is 119 Å². The van der Waals surface area contributed by atoms with Gasteiger partial charge < -0.3 is 15.2 Å². The molecule has 21 heavy (non-hydrogen) atoms. The molecule has 2 rings (SSSR count). The molecule has 0 aliphatic heterocycles. The highest BCUT2D eigenvalue weighted by Crippen LogP contribution is 2.35. The molecule has 0 saturated heterocycles. The lowest BCUT2D eigenvalue weighted by molar-refractivity contribution is -0.385.